The highest BCUT2D eigenvalue weighted by Crippen LogP contribution is 2.34. The number of likely N-dealkylation sites (tertiary alicyclic amines) is 2. The maximum atomic E-state index is 13.9. The molecule has 0 saturated carbocycles. The Hall–Kier alpha value is -5.95. The number of amides is 3. The lowest BCUT2D eigenvalue weighted by atomic mass is 9.85. The molecule has 0 bridgehead atoms. The summed E-state index contributed by atoms with van der Waals surface area (Å²) in [6.07, 6.45) is 6.20. The molecule has 2 aromatic heterocycles. The van der Waals surface area contributed by atoms with E-state index < -0.39 is 0 Å². The number of ether oxygens (including phenoxy) is 2. The molecule has 0 aliphatic carbocycles. The number of ketones is 2. The van der Waals surface area contributed by atoms with E-state index in [1.54, 1.807) is 24.0 Å². The first kappa shape index (κ1) is 43.1. The molecule has 2 saturated heterocycles. The summed E-state index contributed by atoms with van der Waals surface area (Å²) in [5.74, 6) is 2.17. The molecule has 3 aromatic carbocycles. The number of rotatable bonds is 13. The summed E-state index contributed by atoms with van der Waals surface area (Å²) in [7, 11) is 3.31. The van der Waals surface area contributed by atoms with Crippen molar-refractivity contribution in [2.75, 3.05) is 40.4 Å². The Labute approximate surface area is 364 Å². The average Bonchev–Trinajstić information content (AvgIpc) is 3.77. The van der Waals surface area contributed by atoms with Crippen molar-refractivity contribution in [3.63, 3.8) is 0 Å². The molecule has 3 amide bonds. The molecule has 0 N–H and O–H groups in total. The van der Waals surface area contributed by atoms with Crippen LogP contribution in [0, 0.1) is 18.8 Å². The number of benzene rings is 3. The van der Waals surface area contributed by atoms with Crippen LogP contribution in [-0.4, -0.2) is 99.6 Å². The van der Waals surface area contributed by atoms with E-state index in [-0.39, 0.29) is 53.7 Å². The molecular formula is C48H52BrN5O7. The number of halogens is 1. The Morgan fingerprint density at radius 1 is 0.836 bits per heavy atom. The van der Waals surface area contributed by atoms with E-state index in [0.717, 1.165) is 61.0 Å². The van der Waals surface area contributed by atoms with Crippen molar-refractivity contribution < 1.29 is 33.4 Å². The van der Waals surface area contributed by atoms with Crippen molar-refractivity contribution in [3.05, 3.63) is 119 Å². The minimum absolute atomic E-state index is 0.0145. The second-order valence-corrected chi connectivity index (χ2v) is 17.1. The van der Waals surface area contributed by atoms with Gasteiger partial charge in [-0.2, -0.15) is 0 Å². The summed E-state index contributed by atoms with van der Waals surface area (Å²) in [5.41, 5.74) is 5.58. The van der Waals surface area contributed by atoms with Gasteiger partial charge in [-0.3, -0.25) is 24.0 Å². The first-order chi connectivity index (χ1) is 29.3. The SMILES string of the molecule is C=CC(=O)N1CC(CC(=O)Cn2c(C)c(C(=O)N3CCc4c(cccc4OC)C3)c3cc(Br)ccc32)C1C.C=CC(=O)N1CC(CC(=O)Cn2ccc3cc(OC)ccc32)C1. The Kier molecular flexibility index (Phi) is 13.0. The standard InChI is InChI=1S/C30H32BrN3O4.C18H20N2O3/c1-5-28(36)34-16-21(18(34)2)13-23(35)17-33-19(3)29(25-14-22(31)9-10-26(25)33)30(37)32-12-11-24-20(15-32)7-6-8-27(24)38-4;1-3-18(22)20-10-13(11-20)8-15(21)12-19-7-6-14-9-16(23-2)4-5-17(14)19/h5-10,14,18,21H,1,11-13,15-17H2,2-4H3;3-7,9,13H,1,8,10-12H2,2H3. The largest absolute Gasteiger partial charge is 0.497 e. The predicted octanol–water partition coefficient (Wildman–Crippen LogP) is 7.16. The van der Waals surface area contributed by atoms with Crippen LogP contribution in [0.3, 0.4) is 0 Å². The Morgan fingerprint density at radius 2 is 1.57 bits per heavy atom. The van der Waals surface area contributed by atoms with E-state index in [0.29, 0.717) is 57.7 Å². The van der Waals surface area contributed by atoms with Gasteiger partial charge in [-0.15, -0.1) is 0 Å². The van der Waals surface area contributed by atoms with Gasteiger partial charge in [-0.05, 0) is 86.5 Å². The third-order valence-corrected chi connectivity index (χ3v) is 12.9. The van der Waals surface area contributed by atoms with Gasteiger partial charge in [0.15, 0.2) is 11.6 Å². The number of carbonyl (C=O) groups is 5. The molecule has 0 spiro atoms. The van der Waals surface area contributed by atoms with Crippen LogP contribution in [0.25, 0.3) is 21.8 Å². The molecule has 3 aliphatic rings. The van der Waals surface area contributed by atoms with E-state index in [9.17, 15) is 24.0 Å². The number of hydrogen-bond donors (Lipinski definition) is 0. The fourth-order valence-corrected chi connectivity index (χ4v) is 9.28. The van der Waals surface area contributed by atoms with Crippen LogP contribution < -0.4 is 9.47 Å². The van der Waals surface area contributed by atoms with Crippen LogP contribution in [0.4, 0.5) is 0 Å². The van der Waals surface area contributed by atoms with Crippen molar-refractivity contribution in [2.24, 2.45) is 11.8 Å². The van der Waals surface area contributed by atoms with Gasteiger partial charge in [0.1, 0.15) is 11.5 Å². The lowest BCUT2D eigenvalue weighted by Crippen LogP contribution is -2.57. The molecule has 2 atom stereocenters. The highest BCUT2D eigenvalue weighted by molar-refractivity contribution is 9.10. The molecule has 13 heteroatoms. The number of aromatic nitrogens is 2. The molecule has 5 heterocycles. The van der Waals surface area contributed by atoms with Gasteiger partial charge in [-0.25, -0.2) is 0 Å². The normalized spacial score (nSPS) is 17.1. The molecule has 8 rings (SSSR count). The van der Waals surface area contributed by atoms with Gasteiger partial charge in [0.05, 0.1) is 32.9 Å². The molecule has 2 fully saturated rings. The number of hydrogen-bond acceptors (Lipinski definition) is 7. The monoisotopic (exact) mass is 889 g/mol. The van der Waals surface area contributed by atoms with Crippen molar-refractivity contribution in [2.45, 2.75) is 58.8 Å². The third kappa shape index (κ3) is 8.93. The summed E-state index contributed by atoms with van der Waals surface area (Å²) in [5, 5.41) is 1.90. The van der Waals surface area contributed by atoms with Crippen LogP contribution >= 0.6 is 15.9 Å². The Balaban J connectivity index is 0.000000208. The van der Waals surface area contributed by atoms with E-state index in [2.05, 4.69) is 29.1 Å². The maximum Gasteiger partial charge on any atom is 0.256 e. The lowest BCUT2D eigenvalue weighted by Gasteiger charge is -2.45. The lowest BCUT2D eigenvalue weighted by molar-refractivity contribution is -0.140. The van der Waals surface area contributed by atoms with E-state index in [4.69, 9.17) is 9.47 Å². The average molecular weight is 891 g/mol. The molecule has 3 aliphatic heterocycles. The number of methoxy groups -OCH3 is 2. The zero-order valence-corrected chi connectivity index (χ0v) is 36.8. The van der Waals surface area contributed by atoms with Crippen LogP contribution in [0.15, 0.2) is 96.6 Å². The molecule has 61 heavy (non-hydrogen) atoms. The second-order valence-electron chi connectivity index (χ2n) is 16.1. The minimum Gasteiger partial charge on any atom is -0.497 e. The summed E-state index contributed by atoms with van der Waals surface area (Å²) in [6, 6.07) is 19.7. The topological polar surface area (TPSA) is 123 Å². The Bertz CT molecular complexity index is 2550. The van der Waals surface area contributed by atoms with E-state index in [1.807, 2.05) is 94.7 Å². The maximum absolute atomic E-state index is 13.9. The number of Topliss-reactive ketones (excluding diaryl/α,β-unsaturated/α-hetero) is 2. The van der Waals surface area contributed by atoms with Gasteiger partial charge < -0.3 is 33.3 Å². The molecule has 12 nitrogen and oxygen atoms in total. The fraction of sp³-hybridized carbons (Fsp3) is 0.354. The van der Waals surface area contributed by atoms with Crippen LogP contribution in [0.1, 0.15) is 46.9 Å². The molecule has 2 unspecified atom stereocenters. The van der Waals surface area contributed by atoms with Crippen molar-refractivity contribution >= 4 is 67.0 Å². The van der Waals surface area contributed by atoms with Crippen molar-refractivity contribution in [1.82, 2.24) is 23.8 Å². The van der Waals surface area contributed by atoms with Crippen molar-refractivity contribution in [3.8, 4) is 11.5 Å². The second kappa shape index (κ2) is 18.3. The predicted molar refractivity (Wildman–Crippen MR) is 239 cm³/mol. The highest BCUT2D eigenvalue weighted by atomic mass is 79.9. The molecule has 318 valence electrons. The molecule has 5 aromatic rings. The van der Waals surface area contributed by atoms with Crippen molar-refractivity contribution in [1.29, 1.82) is 0 Å². The van der Waals surface area contributed by atoms with Gasteiger partial charge >= 0.3 is 0 Å². The third-order valence-electron chi connectivity index (χ3n) is 12.4. The first-order valence-electron chi connectivity index (χ1n) is 20.6. The minimum atomic E-state index is -0.0963. The number of nitrogens with zero attached hydrogens (tertiary/aromatic N) is 5. The number of fused-ring (bicyclic) bond motifs is 3. The zero-order chi connectivity index (χ0) is 43.5. The quantitative estimate of drug-likeness (QED) is 0.115. The van der Waals surface area contributed by atoms with E-state index >= 15 is 0 Å². The molecular weight excluding hydrogens is 838 g/mol. The summed E-state index contributed by atoms with van der Waals surface area (Å²) < 4.78 is 15.5. The van der Waals surface area contributed by atoms with E-state index in [1.165, 1.54) is 12.2 Å². The van der Waals surface area contributed by atoms with Crippen LogP contribution in [-0.2, 0) is 45.2 Å². The zero-order valence-electron chi connectivity index (χ0n) is 35.2. The van der Waals surface area contributed by atoms with Gasteiger partial charge in [0.2, 0.25) is 11.8 Å². The Morgan fingerprint density at radius 3 is 2.28 bits per heavy atom. The fourth-order valence-electron chi connectivity index (χ4n) is 8.92. The van der Waals surface area contributed by atoms with Crippen LogP contribution in [0.5, 0.6) is 11.5 Å². The summed E-state index contributed by atoms with van der Waals surface area (Å²) >= 11 is 3.56. The number of carbonyl (C=O) groups excluding carboxylic acids is 5. The summed E-state index contributed by atoms with van der Waals surface area (Å²) in [4.78, 5) is 68.0. The van der Waals surface area contributed by atoms with Gasteiger partial charge in [-0.1, -0.05) is 41.2 Å². The highest BCUT2D eigenvalue weighted by Gasteiger charge is 2.39. The summed E-state index contributed by atoms with van der Waals surface area (Å²) in [6.45, 7) is 14.5. The van der Waals surface area contributed by atoms with Gasteiger partial charge in [0.25, 0.3) is 5.91 Å². The van der Waals surface area contributed by atoms with Crippen LogP contribution in [0.2, 0.25) is 0 Å². The van der Waals surface area contributed by atoms with Gasteiger partial charge in [0, 0.05) is 107 Å². The smallest absolute Gasteiger partial charge is 0.256 e. The first-order valence-corrected chi connectivity index (χ1v) is 21.4. The molecule has 0 radical (unpaired) electrons.